The number of ether oxygens (including phenoxy) is 1. The Hall–Kier alpha value is -1.30. The summed E-state index contributed by atoms with van der Waals surface area (Å²) in [5.41, 5.74) is 1.42. The molecule has 156 valence electrons. The molecule has 2 aromatic heterocycles. The van der Waals surface area contributed by atoms with E-state index in [1.807, 2.05) is 66.8 Å². The van der Waals surface area contributed by atoms with Crippen molar-refractivity contribution >= 4 is 12.2 Å². The number of pyridine rings is 2. The van der Waals surface area contributed by atoms with Gasteiger partial charge in [0.1, 0.15) is 32.0 Å². The highest BCUT2D eigenvalue weighted by Gasteiger charge is 2.24. The number of halogens is 2. The zero-order valence-corrected chi connectivity index (χ0v) is 21.4. The van der Waals surface area contributed by atoms with Crippen LogP contribution in [0.2, 0.25) is 0 Å². The molecule has 0 radical (unpaired) electrons. The van der Waals surface area contributed by atoms with Crippen molar-refractivity contribution in [2.24, 2.45) is 24.7 Å². The van der Waals surface area contributed by atoms with E-state index in [4.69, 9.17) is 9.94 Å². The number of hydrogen-bond acceptors (Lipinski definition) is 4. The van der Waals surface area contributed by atoms with Crippen molar-refractivity contribution in [1.29, 1.82) is 0 Å². The van der Waals surface area contributed by atoms with E-state index in [0.29, 0.717) is 5.56 Å². The lowest BCUT2D eigenvalue weighted by Gasteiger charge is -2.26. The van der Waals surface area contributed by atoms with Gasteiger partial charge < -0.3 is 57.9 Å². The molecule has 0 bridgehead atoms. The lowest BCUT2D eigenvalue weighted by atomic mass is 9.90. The van der Waals surface area contributed by atoms with Crippen molar-refractivity contribution in [3.63, 3.8) is 0 Å². The molecule has 0 aliphatic heterocycles. The molecule has 2 aromatic rings. The number of aryl methyl sites for hydroxylation is 2. The highest BCUT2D eigenvalue weighted by molar-refractivity contribution is 5.88. The van der Waals surface area contributed by atoms with E-state index in [2.05, 4.69) is 25.9 Å². The number of oxime groups is 1. The Morgan fingerprint density at radius 2 is 1.79 bits per heavy atom. The molecule has 0 aromatic carbocycles. The summed E-state index contributed by atoms with van der Waals surface area (Å²) < 4.78 is 9.10. The average Bonchev–Trinajstić information content (AvgIpc) is 2.57. The molecule has 0 amide bonds. The molecule has 1 unspecified atom stereocenters. The normalized spacial score (nSPS) is 11.4. The third kappa shape index (κ3) is 10.3. The quantitative estimate of drug-likeness (QED) is 0.0975. The molecule has 0 fully saturated rings. The van der Waals surface area contributed by atoms with Crippen LogP contribution in [-0.2, 0) is 18.8 Å². The lowest BCUT2D eigenvalue weighted by molar-refractivity contribution is -0.672. The number of aromatic nitrogens is 2. The number of carbonyl (C=O) groups excluding carboxylic acids is 1. The first-order valence-electron chi connectivity index (χ1n) is 8.43. The van der Waals surface area contributed by atoms with Gasteiger partial charge in [0.2, 0.25) is 5.69 Å². The fourth-order valence-corrected chi connectivity index (χ4v) is 1.84. The summed E-state index contributed by atoms with van der Waals surface area (Å²) in [4.78, 5) is 11.8. The predicted molar refractivity (Wildman–Crippen MR) is 98.9 cm³/mol. The van der Waals surface area contributed by atoms with E-state index in [-0.39, 0.29) is 65.4 Å². The maximum atomic E-state index is 11.8. The van der Waals surface area contributed by atoms with Crippen molar-refractivity contribution in [3.05, 3.63) is 60.2 Å². The van der Waals surface area contributed by atoms with Crippen LogP contribution < -0.4 is 57.1 Å². The van der Waals surface area contributed by atoms with Crippen LogP contribution in [0.4, 0.5) is 0 Å². The molecule has 6 nitrogen and oxygen atoms in total. The lowest BCUT2D eigenvalue weighted by Crippen LogP contribution is -3.00. The molecule has 2 rings (SSSR count). The van der Waals surface area contributed by atoms with E-state index in [9.17, 15) is 4.79 Å². The van der Waals surface area contributed by atoms with Gasteiger partial charge in [-0.1, -0.05) is 25.9 Å². The third-order valence-corrected chi connectivity index (χ3v) is 3.96. The van der Waals surface area contributed by atoms with E-state index in [1.54, 1.807) is 12.3 Å². The summed E-state index contributed by atoms with van der Waals surface area (Å²) in [7, 11) is 3.76. The summed E-state index contributed by atoms with van der Waals surface area (Å²) in [6.45, 7) is 8.07. The molecule has 8 heteroatoms. The van der Waals surface area contributed by atoms with Gasteiger partial charge in [-0.25, -0.2) is 13.9 Å². The Morgan fingerprint density at radius 1 is 1.14 bits per heavy atom. The molecule has 0 aliphatic carbocycles. The molecule has 0 aliphatic rings. The van der Waals surface area contributed by atoms with Crippen LogP contribution in [0.1, 0.15) is 43.7 Å². The molecule has 1 atom stereocenters. The summed E-state index contributed by atoms with van der Waals surface area (Å²) in [6, 6.07) is 9.25. The number of esters is 1. The van der Waals surface area contributed by atoms with Gasteiger partial charge >= 0.3 is 5.97 Å². The average molecular weight is 613 g/mol. The maximum absolute atomic E-state index is 11.8. The first kappa shape index (κ1) is 28.9. The first-order valence-corrected chi connectivity index (χ1v) is 8.43. The minimum absolute atomic E-state index is 0. The van der Waals surface area contributed by atoms with Gasteiger partial charge in [-0.2, -0.15) is 0 Å². The summed E-state index contributed by atoms with van der Waals surface area (Å²) in [6.07, 6.45) is 6.81. The SMILES string of the molecule is CC(OC(=O)c1ccc[n+](C)c1)C(C)(C)C.C[n+]1ccccc1C=NO.[I-].[I-]. The fraction of sp³-hybridized carbons (Fsp3) is 0.400. The van der Waals surface area contributed by atoms with Gasteiger partial charge in [0.25, 0.3) is 0 Å². The Bertz CT molecular complexity index is 762. The minimum atomic E-state index is -0.265. The Balaban J connectivity index is 0. The van der Waals surface area contributed by atoms with Gasteiger partial charge in [0.05, 0.1) is 0 Å². The summed E-state index contributed by atoms with van der Waals surface area (Å²) in [5, 5.41) is 11.1. The largest absolute Gasteiger partial charge is 1.00 e. The first-order chi connectivity index (χ1) is 12.1. The second-order valence-electron chi connectivity index (χ2n) is 7.15. The molecule has 28 heavy (non-hydrogen) atoms. The van der Waals surface area contributed by atoms with Crippen molar-refractivity contribution in [2.45, 2.75) is 33.8 Å². The Morgan fingerprint density at radius 3 is 2.29 bits per heavy atom. The van der Waals surface area contributed by atoms with Gasteiger partial charge in [-0.05, 0) is 24.5 Å². The van der Waals surface area contributed by atoms with E-state index in [0.717, 1.165) is 5.69 Å². The fourth-order valence-electron chi connectivity index (χ4n) is 1.84. The molecular weight excluding hydrogens is 584 g/mol. The van der Waals surface area contributed by atoms with Crippen LogP contribution >= 0.6 is 0 Å². The highest BCUT2D eigenvalue weighted by atomic mass is 127. The maximum Gasteiger partial charge on any atom is 0.344 e. The van der Waals surface area contributed by atoms with Crippen LogP contribution in [-0.4, -0.2) is 23.5 Å². The number of nitrogens with zero attached hydrogens (tertiary/aromatic N) is 3. The van der Waals surface area contributed by atoms with Crippen molar-refractivity contribution in [3.8, 4) is 0 Å². The van der Waals surface area contributed by atoms with Gasteiger partial charge in [-0.3, -0.25) is 0 Å². The van der Waals surface area contributed by atoms with E-state index < -0.39 is 0 Å². The van der Waals surface area contributed by atoms with Crippen molar-refractivity contribution in [1.82, 2.24) is 0 Å². The van der Waals surface area contributed by atoms with Crippen LogP contribution in [0.5, 0.6) is 0 Å². The number of rotatable bonds is 3. The minimum Gasteiger partial charge on any atom is -1.00 e. The number of hydrogen-bond donors (Lipinski definition) is 1. The van der Waals surface area contributed by atoms with Gasteiger partial charge in [0.15, 0.2) is 18.6 Å². The zero-order chi connectivity index (χ0) is 19.7. The molecule has 0 spiro atoms. The predicted octanol–water partition coefficient (Wildman–Crippen LogP) is -3.57. The molecule has 1 N–H and O–H groups in total. The van der Waals surface area contributed by atoms with Crippen LogP contribution in [0.25, 0.3) is 0 Å². The van der Waals surface area contributed by atoms with Crippen LogP contribution in [0.15, 0.2) is 54.1 Å². The third-order valence-electron chi connectivity index (χ3n) is 3.96. The summed E-state index contributed by atoms with van der Waals surface area (Å²) >= 11 is 0. The summed E-state index contributed by atoms with van der Waals surface area (Å²) in [5.74, 6) is -0.265. The van der Waals surface area contributed by atoms with Gasteiger partial charge in [0, 0.05) is 18.2 Å². The van der Waals surface area contributed by atoms with Crippen molar-refractivity contribution in [2.75, 3.05) is 0 Å². The van der Waals surface area contributed by atoms with Crippen LogP contribution in [0.3, 0.4) is 0 Å². The van der Waals surface area contributed by atoms with E-state index in [1.165, 1.54) is 6.21 Å². The topological polar surface area (TPSA) is 66.7 Å². The number of carbonyl (C=O) groups is 1. The molecule has 0 saturated carbocycles. The smallest absolute Gasteiger partial charge is 0.344 e. The molecule has 0 saturated heterocycles. The zero-order valence-electron chi connectivity index (χ0n) is 17.1. The standard InChI is InChI=1S/C13H20NO2.C7H8N2O.2HI/c1-10(13(2,3)4)16-12(15)11-7-6-8-14(5)9-11;1-9-5-3-2-4-7(9)6-8-10;;/h6-10H,1-5H3;2-6H,1H3;2*1H/q+1;;;/p-1. The molecule has 2 heterocycles. The second kappa shape index (κ2) is 13.8. The molecular formula is C20H29I2N3O3. The van der Waals surface area contributed by atoms with Crippen molar-refractivity contribution < 1.29 is 71.8 Å². The van der Waals surface area contributed by atoms with Crippen LogP contribution in [0, 0.1) is 5.41 Å². The highest BCUT2D eigenvalue weighted by Crippen LogP contribution is 2.22. The van der Waals surface area contributed by atoms with Gasteiger partial charge in [-0.15, -0.1) is 0 Å². The Kier molecular flexibility index (Phi) is 14.3. The Labute approximate surface area is 201 Å². The monoisotopic (exact) mass is 613 g/mol. The van der Waals surface area contributed by atoms with E-state index >= 15 is 0 Å². The second-order valence-corrected chi connectivity index (χ2v) is 7.15.